The molecule has 0 unspecified atom stereocenters. The van der Waals surface area contributed by atoms with Crippen LogP contribution >= 0.6 is 15.9 Å². The molecule has 1 aromatic heterocycles. The summed E-state index contributed by atoms with van der Waals surface area (Å²) >= 11 is 3.47. The van der Waals surface area contributed by atoms with Crippen molar-refractivity contribution in [1.29, 1.82) is 0 Å². The molecular weight excluding hydrogens is 284 g/mol. The monoisotopic (exact) mass is 296 g/mol. The number of nitrogens with two attached hydrogens (primary N) is 1. The van der Waals surface area contributed by atoms with Gasteiger partial charge in [-0.25, -0.2) is 0 Å². The molecule has 2 rings (SSSR count). The van der Waals surface area contributed by atoms with Crippen LogP contribution in [0.25, 0.3) is 11.3 Å². The number of nitrogens with zero attached hydrogens (tertiary/aromatic N) is 1. The number of hydrogen-bond donors (Lipinski definition) is 1. The maximum atomic E-state index is 5.56. The van der Waals surface area contributed by atoms with Crippen LogP contribution in [0, 0.1) is 0 Å². The number of aryl methyl sites for hydroxylation is 1. The molecule has 1 aromatic carbocycles. The molecule has 17 heavy (non-hydrogen) atoms. The van der Waals surface area contributed by atoms with Crippen LogP contribution in [-0.2, 0) is 6.42 Å². The van der Waals surface area contributed by atoms with E-state index < -0.39 is 0 Å². The number of halogens is 1. The van der Waals surface area contributed by atoms with Gasteiger partial charge in [-0.15, -0.1) is 0 Å². The van der Waals surface area contributed by atoms with Gasteiger partial charge < -0.3 is 15.0 Å². The van der Waals surface area contributed by atoms with Crippen molar-refractivity contribution in [1.82, 2.24) is 5.16 Å². The molecule has 0 atom stereocenters. The largest absolute Gasteiger partial charge is 0.496 e. The van der Waals surface area contributed by atoms with E-state index in [9.17, 15) is 0 Å². The average molecular weight is 297 g/mol. The number of rotatable bonds is 3. The molecule has 0 radical (unpaired) electrons. The number of hydrogen-bond acceptors (Lipinski definition) is 4. The van der Waals surface area contributed by atoms with E-state index >= 15 is 0 Å². The van der Waals surface area contributed by atoms with Crippen LogP contribution in [0.2, 0.25) is 0 Å². The average Bonchev–Trinajstić information content (AvgIpc) is 2.74. The summed E-state index contributed by atoms with van der Waals surface area (Å²) in [4.78, 5) is 0. The van der Waals surface area contributed by atoms with Gasteiger partial charge in [0.15, 0.2) is 11.6 Å². The number of anilines is 1. The first-order chi connectivity index (χ1) is 8.15. The van der Waals surface area contributed by atoms with Crippen LogP contribution in [0.5, 0.6) is 5.75 Å². The minimum absolute atomic E-state index is 0.361. The highest BCUT2D eigenvalue weighted by Crippen LogP contribution is 2.36. The molecule has 0 fully saturated rings. The van der Waals surface area contributed by atoms with Gasteiger partial charge in [0.25, 0.3) is 0 Å². The van der Waals surface area contributed by atoms with E-state index in [1.165, 1.54) is 0 Å². The second-order valence-corrected chi connectivity index (χ2v) is 4.53. The fraction of sp³-hybridized carbons (Fsp3) is 0.250. The molecule has 0 saturated carbocycles. The van der Waals surface area contributed by atoms with Crippen molar-refractivity contribution in [2.75, 3.05) is 12.8 Å². The number of methoxy groups -OCH3 is 1. The Balaban J connectivity index is 2.63. The first-order valence-corrected chi connectivity index (χ1v) is 6.04. The maximum absolute atomic E-state index is 5.56. The SMILES string of the molecule is CCc1cc(Br)cc(-c2cc(N)no2)c1OC. The normalized spacial score (nSPS) is 10.5. The topological polar surface area (TPSA) is 61.3 Å². The molecule has 0 spiro atoms. The molecule has 2 aromatic rings. The van der Waals surface area contributed by atoms with Crippen LogP contribution in [-0.4, -0.2) is 12.3 Å². The third-order valence-electron chi connectivity index (χ3n) is 2.51. The third kappa shape index (κ3) is 2.29. The van der Waals surface area contributed by atoms with Crippen LogP contribution in [0.3, 0.4) is 0 Å². The van der Waals surface area contributed by atoms with E-state index in [0.29, 0.717) is 11.6 Å². The summed E-state index contributed by atoms with van der Waals surface area (Å²) in [5.41, 5.74) is 7.51. The zero-order chi connectivity index (χ0) is 12.4. The van der Waals surface area contributed by atoms with Crippen LogP contribution in [0.4, 0.5) is 5.82 Å². The van der Waals surface area contributed by atoms with Crippen molar-refractivity contribution in [2.45, 2.75) is 13.3 Å². The quantitative estimate of drug-likeness (QED) is 0.944. The second kappa shape index (κ2) is 4.79. The molecule has 0 aliphatic rings. The van der Waals surface area contributed by atoms with Crippen molar-refractivity contribution in [3.05, 3.63) is 28.2 Å². The molecule has 1 heterocycles. The van der Waals surface area contributed by atoms with Gasteiger partial charge in [0, 0.05) is 10.5 Å². The number of ether oxygens (including phenoxy) is 1. The summed E-state index contributed by atoms with van der Waals surface area (Å²) in [5.74, 6) is 1.77. The van der Waals surface area contributed by atoms with E-state index in [2.05, 4.69) is 28.0 Å². The van der Waals surface area contributed by atoms with Crippen molar-refractivity contribution in [3.63, 3.8) is 0 Å². The van der Waals surface area contributed by atoms with Crippen LogP contribution in [0.15, 0.2) is 27.2 Å². The zero-order valence-electron chi connectivity index (χ0n) is 9.66. The van der Waals surface area contributed by atoms with E-state index in [1.54, 1.807) is 13.2 Å². The van der Waals surface area contributed by atoms with Gasteiger partial charge >= 0.3 is 0 Å². The smallest absolute Gasteiger partial charge is 0.172 e. The van der Waals surface area contributed by atoms with Gasteiger partial charge in [0.1, 0.15) is 5.75 Å². The van der Waals surface area contributed by atoms with Crippen LogP contribution in [0.1, 0.15) is 12.5 Å². The number of aromatic nitrogens is 1. The Labute approximate surface area is 108 Å². The molecule has 0 aliphatic carbocycles. The summed E-state index contributed by atoms with van der Waals surface area (Å²) in [7, 11) is 1.64. The second-order valence-electron chi connectivity index (χ2n) is 3.62. The standard InChI is InChI=1S/C12H13BrN2O2/c1-3-7-4-8(13)5-9(12(7)16-2)10-6-11(14)15-17-10/h4-6H,3H2,1-2H3,(H2,14,15). The highest BCUT2D eigenvalue weighted by molar-refractivity contribution is 9.10. The van der Waals surface area contributed by atoms with Crippen LogP contribution < -0.4 is 10.5 Å². The lowest BCUT2D eigenvalue weighted by Gasteiger charge is -2.11. The first kappa shape index (κ1) is 12.0. The van der Waals surface area contributed by atoms with Gasteiger partial charge in [0.05, 0.1) is 12.7 Å². The lowest BCUT2D eigenvalue weighted by Crippen LogP contribution is -1.94. The third-order valence-corrected chi connectivity index (χ3v) is 2.97. The Bertz CT molecular complexity index is 537. The lowest BCUT2D eigenvalue weighted by molar-refractivity contribution is 0.403. The summed E-state index contributed by atoms with van der Waals surface area (Å²) in [6.45, 7) is 2.07. The van der Waals surface area contributed by atoms with Crippen molar-refractivity contribution in [2.24, 2.45) is 0 Å². The molecule has 2 N–H and O–H groups in total. The molecule has 0 aliphatic heterocycles. The van der Waals surface area contributed by atoms with Crippen molar-refractivity contribution in [3.8, 4) is 17.1 Å². The van der Waals surface area contributed by atoms with Gasteiger partial charge in [-0.1, -0.05) is 28.0 Å². The molecular formula is C12H13BrN2O2. The predicted octanol–water partition coefficient (Wildman–Crippen LogP) is 3.26. The fourth-order valence-corrected chi connectivity index (χ4v) is 2.26. The molecule has 90 valence electrons. The molecule has 0 bridgehead atoms. The molecule has 5 heteroatoms. The number of benzene rings is 1. The minimum Gasteiger partial charge on any atom is -0.496 e. The zero-order valence-corrected chi connectivity index (χ0v) is 11.2. The Hall–Kier alpha value is -1.49. The molecule has 0 saturated heterocycles. The number of nitrogen functional groups attached to an aromatic ring is 1. The lowest BCUT2D eigenvalue weighted by atomic mass is 10.0. The van der Waals surface area contributed by atoms with Gasteiger partial charge in [-0.2, -0.15) is 0 Å². The van der Waals surface area contributed by atoms with Crippen molar-refractivity contribution < 1.29 is 9.26 Å². The summed E-state index contributed by atoms with van der Waals surface area (Å²) in [5, 5.41) is 3.69. The molecule has 0 amide bonds. The van der Waals surface area contributed by atoms with Crippen molar-refractivity contribution >= 4 is 21.7 Å². The van der Waals surface area contributed by atoms with Gasteiger partial charge in [-0.3, -0.25) is 0 Å². The summed E-state index contributed by atoms with van der Waals surface area (Å²) in [6, 6.07) is 5.64. The highest BCUT2D eigenvalue weighted by Gasteiger charge is 2.15. The Morgan fingerprint density at radius 2 is 2.18 bits per heavy atom. The Morgan fingerprint density at radius 3 is 2.71 bits per heavy atom. The molecule has 4 nitrogen and oxygen atoms in total. The predicted molar refractivity (Wildman–Crippen MR) is 70.0 cm³/mol. The first-order valence-electron chi connectivity index (χ1n) is 5.24. The Kier molecular flexibility index (Phi) is 3.38. The highest BCUT2D eigenvalue weighted by atomic mass is 79.9. The maximum Gasteiger partial charge on any atom is 0.172 e. The summed E-state index contributed by atoms with van der Waals surface area (Å²) < 4.78 is 11.6. The van der Waals surface area contributed by atoms with E-state index in [4.69, 9.17) is 15.0 Å². The van der Waals surface area contributed by atoms with E-state index in [-0.39, 0.29) is 0 Å². The Morgan fingerprint density at radius 1 is 1.41 bits per heavy atom. The van der Waals surface area contributed by atoms with E-state index in [0.717, 1.165) is 27.8 Å². The van der Waals surface area contributed by atoms with E-state index in [1.807, 2.05) is 12.1 Å². The summed E-state index contributed by atoms with van der Waals surface area (Å²) in [6.07, 6.45) is 0.874. The van der Waals surface area contributed by atoms with Gasteiger partial charge in [-0.05, 0) is 24.1 Å². The minimum atomic E-state index is 0.361. The van der Waals surface area contributed by atoms with Gasteiger partial charge in [0.2, 0.25) is 0 Å². The fourth-order valence-electron chi connectivity index (χ4n) is 1.75.